The quantitative estimate of drug-likeness (QED) is 0.521. The van der Waals surface area contributed by atoms with Gasteiger partial charge in [0.25, 0.3) is 10.0 Å². The van der Waals surface area contributed by atoms with Crippen molar-refractivity contribution in [1.82, 2.24) is 0 Å². The second-order valence-electron chi connectivity index (χ2n) is 5.65. The Morgan fingerprint density at radius 3 is 2.46 bits per heavy atom. The van der Waals surface area contributed by atoms with Gasteiger partial charge in [-0.25, -0.2) is 8.42 Å². The summed E-state index contributed by atoms with van der Waals surface area (Å²) in [5.41, 5.74) is 0.694. The number of anilines is 1. The molecule has 0 atom stereocenters. The van der Waals surface area contributed by atoms with Gasteiger partial charge in [-0.15, -0.1) is 0 Å². The maximum atomic E-state index is 12.4. The highest BCUT2D eigenvalue weighted by Crippen LogP contribution is 2.18. The van der Waals surface area contributed by atoms with Crippen LogP contribution in [0, 0.1) is 6.92 Å². The number of hydrogen-bond donors (Lipinski definition) is 1. The molecule has 0 aliphatic carbocycles. The fourth-order valence-corrected chi connectivity index (χ4v) is 3.42. The Hall–Kier alpha value is -3.12. The lowest BCUT2D eigenvalue weighted by Gasteiger charge is -2.08. The van der Waals surface area contributed by atoms with Gasteiger partial charge in [-0.1, -0.05) is 30.3 Å². The number of furan rings is 1. The molecule has 1 aromatic heterocycles. The van der Waals surface area contributed by atoms with Gasteiger partial charge in [0.2, 0.25) is 0 Å². The molecule has 0 saturated carbocycles. The van der Waals surface area contributed by atoms with E-state index < -0.39 is 10.0 Å². The van der Waals surface area contributed by atoms with Crippen LogP contribution in [0.5, 0.6) is 0 Å². The molecule has 6 heteroatoms. The zero-order chi connectivity index (χ0) is 18.6. The van der Waals surface area contributed by atoms with Crippen molar-refractivity contribution in [2.45, 2.75) is 11.8 Å². The van der Waals surface area contributed by atoms with E-state index in [9.17, 15) is 13.2 Å². The maximum Gasteiger partial charge on any atom is 0.261 e. The zero-order valence-corrected chi connectivity index (χ0v) is 14.9. The molecule has 0 saturated heterocycles. The average Bonchev–Trinajstić information content (AvgIpc) is 3.05. The lowest BCUT2D eigenvalue weighted by molar-refractivity contribution is 0.104. The molecule has 0 bridgehead atoms. The van der Waals surface area contributed by atoms with Crippen LogP contribution in [-0.2, 0) is 10.0 Å². The van der Waals surface area contributed by atoms with E-state index in [1.54, 1.807) is 48.5 Å². The van der Waals surface area contributed by atoms with E-state index in [4.69, 9.17) is 4.42 Å². The predicted octanol–water partition coefficient (Wildman–Crippen LogP) is 4.28. The number of benzene rings is 2. The number of carbonyl (C=O) groups is 1. The van der Waals surface area contributed by atoms with Crippen molar-refractivity contribution in [3.63, 3.8) is 0 Å². The third-order valence-corrected chi connectivity index (χ3v) is 5.01. The second-order valence-corrected chi connectivity index (χ2v) is 7.33. The number of rotatable bonds is 6. The van der Waals surface area contributed by atoms with E-state index in [1.807, 2.05) is 13.0 Å². The molecule has 0 radical (unpaired) electrons. The third-order valence-electron chi connectivity index (χ3n) is 3.61. The number of sulfonamides is 1. The first kappa shape index (κ1) is 17.7. The molecule has 1 heterocycles. The fraction of sp³-hybridized carbons (Fsp3) is 0.0500. The average molecular weight is 367 g/mol. The molecule has 3 rings (SSSR count). The van der Waals surface area contributed by atoms with Crippen LogP contribution in [-0.4, -0.2) is 14.2 Å². The van der Waals surface area contributed by atoms with E-state index in [2.05, 4.69) is 4.72 Å². The smallest absolute Gasteiger partial charge is 0.261 e. The highest BCUT2D eigenvalue weighted by Gasteiger charge is 2.14. The fourth-order valence-electron chi connectivity index (χ4n) is 2.35. The first-order valence-corrected chi connectivity index (χ1v) is 9.39. The molecule has 3 aromatic rings. The summed E-state index contributed by atoms with van der Waals surface area (Å²) in [7, 11) is -3.70. The molecule has 0 fully saturated rings. The Morgan fingerprint density at radius 1 is 1.00 bits per heavy atom. The molecule has 5 nitrogen and oxygen atoms in total. The minimum atomic E-state index is -3.70. The molecular formula is C20H17NO4S. The van der Waals surface area contributed by atoms with Crippen molar-refractivity contribution in [3.05, 3.63) is 89.9 Å². The van der Waals surface area contributed by atoms with Gasteiger partial charge in [-0.3, -0.25) is 9.52 Å². The SMILES string of the molecule is Cc1ccc(/C=C\C(=O)c2cccc(NS(=O)(=O)c3ccccc3)c2)o1. The van der Waals surface area contributed by atoms with Crippen LogP contribution in [0.2, 0.25) is 0 Å². The van der Waals surface area contributed by atoms with Crippen LogP contribution < -0.4 is 4.72 Å². The van der Waals surface area contributed by atoms with Crippen molar-refractivity contribution >= 4 is 27.6 Å². The van der Waals surface area contributed by atoms with E-state index in [-0.39, 0.29) is 10.7 Å². The topological polar surface area (TPSA) is 76.4 Å². The molecular weight excluding hydrogens is 350 g/mol. The summed E-state index contributed by atoms with van der Waals surface area (Å²) >= 11 is 0. The Bertz CT molecular complexity index is 1050. The summed E-state index contributed by atoms with van der Waals surface area (Å²) in [5, 5.41) is 0. The van der Waals surface area contributed by atoms with Gasteiger partial charge in [-0.05, 0) is 55.5 Å². The molecule has 132 valence electrons. The van der Waals surface area contributed by atoms with Crippen LogP contribution in [0.4, 0.5) is 5.69 Å². The Balaban J connectivity index is 1.78. The first-order chi connectivity index (χ1) is 12.4. The molecule has 0 aliphatic heterocycles. The van der Waals surface area contributed by atoms with Crippen LogP contribution in [0.3, 0.4) is 0 Å². The number of carbonyl (C=O) groups excluding carboxylic acids is 1. The number of ketones is 1. The minimum absolute atomic E-state index is 0.157. The number of allylic oxidation sites excluding steroid dienone is 1. The van der Waals surface area contributed by atoms with Crippen LogP contribution in [0.15, 0.2) is 82.1 Å². The van der Waals surface area contributed by atoms with Gasteiger partial charge in [0.05, 0.1) is 4.90 Å². The second kappa shape index (κ2) is 7.41. The minimum Gasteiger partial charge on any atom is -0.462 e. The number of hydrogen-bond acceptors (Lipinski definition) is 4. The molecule has 1 N–H and O–H groups in total. The molecule has 0 amide bonds. The monoisotopic (exact) mass is 367 g/mol. The Labute approximate surface area is 152 Å². The summed E-state index contributed by atoms with van der Waals surface area (Å²) < 4.78 is 32.6. The number of nitrogens with one attached hydrogen (secondary N) is 1. The van der Waals surface area contributed by atoms with Gasteiger partial charge < -0.3 is 4.42 Å². The van der Waals surface area contributed by atoms with E-state index in [0.29, 0.717) is 17.0 Å². The maximum absolute atomic E-state index is 12.4. The van der Waals surface area contributed by atoms with Gasteiger partial charge in [0.15, 0.2) is 5.78 Å². The van der Waals surface area contributed by atoms with Crippen molar-refractivity contribution in [2.75, 3.05) is 4.72 Å². The Kier molecular flexibility index (Phi) is 5.04. The highest BCUT2D eigenvalue weighted by atomic mass is 32.2. The highest BCUT2D eigenvalue weighted by molar-refractivity contribution is 7.92. The van der Waals surface area contributed by atoms with Crippen molar-refractivity contribution < 1.29 is 17.6 Å². The van der Waals surface area contributed by atoms with Crippen molar-refractivity contribution in [1.29, 1.82) is 0 Å². The lowest BCUT2D eigenvalue weighted by atomic mass is 10.1. The third kappa shape index (κ3) is 4.29. The molecule has 0 spiro atoms. The summed E-state index contributed by atoms with van der Waals surface area (Å²) in [6, 6.07) is 18.0. The Morgan fingerprint density at radius 2 is 1.77 bits per heavy atom. The number of aryl methyl sites for hydroxylation is 1. The zero-order valence-electron chi connectivity index (χ0n) is 14.0. The molecule has 0 unspecified atom stereocenters. The lowest BCUT2D eigenvalue weighted by Crippen LogP contribution is -2.13. The van der Waals surface area contributed by atoms with Gasteiger partial charge >= 0.3 is 0 Å². The van der Waals surface area contributed by atoms with Gasteiger partial charge in [0, 0.05) is 11.3 Å². The van der Waals surface area contributed by atoms with E-state index >= 15 is 0 Å². The standard InChI is InChI=1S/C20H17NO4S/c1-15-10-11-18(25-15)12-13-20(22)16-6-5-7-17(14-16)21-26(23,24)19-8-3-2-4-9-19/h2-14,21H,1H3/b13-12-. The van der Waals surface area contributed by atoms with E-state index in [1.165, 1.54) is 24.3 Å². The van der Waals surface area contributed by atoms with Crippen LogP contribution in [0.1, 0.15) is 21.9 Å². The molecule has 2 aromatic carbocycles. The predicted molar refractivity (Wildman–Crippen MR) is 101 cm³/mol. The summed E-state index contributed by atoms with van der Waals surface area (Å²) in [6.45, 7) is 1.82. The van der Waals surface area contributed by atoms with E-state index in [0.717, 1.165) is 5.76 Å². The molecule has 0 aliphatic rings. The van der Waals surface area contributed by atoms with Crippen molar-refractivity contribution in [3.8, 4) is 0 Å². The first-order valence-electron chi connectivity index (χ1n) is 7.91. The summed E-state index contributed by atoms with van der Waals surface area (Å²) in [4.78, 5) is 12.5. The summed E-state index contributed by atoms with van der Waals surface area (Å²) in [5.74, 6) is 1.09. The summed E-state index contributed by atoms with van der Waals surface area (Å²) in [6.07, 6.45) is 2.97. The normalized spacial score (nSPS) is 11.6. The largest absolute Gasteiger partial charge is 0.462 e. The van der Waals surface area contributed by atoms with Crippen LogP contribution >= 0.6 is 0 Å². The van der Waals surface area contributed by atoms with Crippen LogP contribution in [0.25, 0.3) is 6.08 Å². The molecule has 26 heavy (non-hydrogen) atoms. The van der Waals surface area contributed by atoms with Gasteiger partial charge in [0.1, 0.15) is 11.5 Å². The van der Waals surface area contributed by atoms with Crippen molar-refractivity contribution in [2.24, 2.45) is 0 Å². The van der Waals surface area contributed by atoms with Gasteiger partial charge in [-0.2, -0.15) is 0 Å².